The van der Waals surface area contributed by atoms with E-state index in [1.807, 2.05) is 37.4 Å². The first-order valence-electron chi connectivity index (χ1n) is 6.14. The number of nitrogen functional groups attached to an aromatic ring is 1. The maximum atomic E-state index is 5.78. The third-order valence-corrected chi connectivity index (χ3v) is 3.13. The van der Waals surface area contributed by atoms with Crippen molar-refractivity contribution in [2.24, 2.45) is 0 Å². The summed E-state index contributed by atoms with van der Waals surface area (Å²) in [4.78, 5) is 2.07. The minimum absolute atomic E-state index is 0.748. The van der Waals surface area contributed by atoms with Crippen molar-refractivity contribution in [2.75, 3.05) is 40.7 Å². The first-order valence-corrected chi connectivity index (χ1v) is 6.14. The van der Waals surface area contributed by atoms with E-state index < -0.39 is 0 Å². The number of anilines is 5. The molecule has 1 aliphatic rings. The largest absolute Gasteiger partial charge is 0.399 e. The van der Waals surface area contributed by atoms with Gasteiger partial charge in [-0.1, -0.05) is 0 Å². The Balaban J connectivity index is 1.82. The van der Waals surface area contributed by atoms with Crippen molar-refractivity contribution in [1.29, 1.82) is 0 Å². The first kappa shape index (κ1) is 11.5. The zero-order chi connectivity index (χ0) is 13.4. The van der Waals surface area contributed by atoms with Crippen molar-refractivity contribution in [2.45, 2.75) is 0 Å². The molecule has 2 aromatic rings. The molecule has 0 atom stereocenters. The maximum Gasteiger partial charge on any atom is 0.0831 e. The lowest BCUT2D eigenvalue weighted by Gasteiger charge is -2.20. The average Bonchev–Trinajstić information content (AvgIpc) is 2.81. The van der Waals surface area contributed by atoms with E-state index in [2.05, 4.69) is 40.0 Å². The fourth-order valence-electron chi connectivity index (χ4n) is 2.05. The van der Waals surface area contributed by atoms with Crippen molar-refractivity contribution in [1.82, 2.24) is 0 Å². The Kier molecular flexibility index (Phi) is 2.59. The van der Waals surface area contributed by atoms with Crippen LogP contribution in [0.3, 0.4) is 0 Å². The van der Waals surface area contributed by atoms with E-state index in [1.54, 1.807) is 0 Å². The molecule has 5 nitrogen and oxygen atoms in total. The second-order valence-corrected chi connectivity index (χ2v) is 4.77. The molecule has 0 fully saturated rings. The molecule has 3 rings (SSSR count). The van der Waals surface area contributed by atoms with Gasteiger partial charge in [0.05, 0.1) is 17.1 Å². The third kappa shape index (κ3) is 2.10. The van der Waals surface area contributed by atoms with Gasteiger partial charge >= 0.3 is 0 Å². The number of hydrazine groups is 2. The summed E-state index contributed by atoms with van der Waals surface area (Å²) in [6.07, 6.45) is 0. The number of hydrogen-bond donors (Lipinski definition) is 3. The quantitative estimate of drug-likeness (QED) is 0.720. The average molecular weight is 255 g/mol. The van der Waals surface area contributed by atoms with Gasteiger partial charge in [-0.05, 0) is 42.5 Å². The highest BCUT2D eigenvalue weighted by Crippen LogP contribution is 2.32. The summed E-state index contributed by atoms with van der Waals surface area (Å²) in [6, 6.07) is 14.0. The number of nitrogens with zero attached hydrogens (tertiary/aromatic N) is 2. The van der Waals surface area contributed by atoms with Gasteiger partial charge in [-0.3, -0.25) is 10.9 Å². The SMILES string of the molecule is CN(C)c1ccc(N2Nc3ccc(N)cc3N2)cc1. The Morgan fingerprint density at radius 2 is 1.63 bits per heavy atom. The monoisotopic (exact) mass is 255 g/mol. The van der Waals surface area contributed by atoms with E-state index in [1.165, 1.54) is 5.69 Å². The van der Waals surface area contributed by atoms with E-state index in [-0.39, 0.29) is 0 Å². The van der Waals surface area contributed by atoms with Crippen LogP contribution < -0.4 is 26.6 Å². The summed E-state index contributed by atoms with van der Waals surface area (Å²) in [5.74, 6) is 0. The van der Waals surface area contributed by atoms with Gasteiger partial charge in [0.2, 0.25) is 0 Å². The minimum atomic E-state index is 0.748. The smallest absolute Gasteiger partial charge is 0.0831 e. The van der Waals surface area contributed by atoms with E-state index >= 15 is 0 Å². The van der Waals surface area contributed by atoms with Crippen LogP contribution in [0.4, 0.5) is 28.4 Å². The zero-order valence-corrected chi connectivity index (χ0v) is 11.0. The molecule has 0 amide bonds. The number of nitrogens with two attached hydrogens (primary N) is 1. The van der Waals surface area contributed by atoms with Gasteiger partial charge in [0.15, 0.2) is 0 Å². The summed E-state index contributed by atoms with van der Waals surface area (Å²) in [6.45, 7) is 0. The molecule has 0 saturated heterocycles. The van der Waals surface area contributed by atoms with Crippen LogP contribution in [0.2, 0.25) is 0 Å². The van der Waals surface area contributed by atoms with Crippen LogP contribution in [0.5, 0.6) is 0 Å². The molecule has 1 heterocycles. The van der Waals surface area contributed by atoms with Crippen LogP contribution in [-0.4, -0.2) is 14.1 Å². The number of fused-ring (bicyclic) bond motifs is 1. The highest BCUT2D eigenvalue weighted by molar-refractivity contribution is 5.81. The summed E-state index contributed by atoms with van der Waals surface area (Å²) in [5.41, 5.74) is 17.3. The Hall–Kier alpha value is -2.56. The predicted molar refractivity (Wildman–Crippen MR) is 81.3 cm³/mol. The van der Waals surface area contributed by atoms with E-state index in [0.717, 1.165) is 22.7 Å². The lowest BCUT2D eigenvalue weighted by atomic mass is 10.2. The lowest BCUT2D eigenvalue weighted by Crippen LogP contribution is -2.29. The molecular formula is C14H17N5. The molecule has 0 aliphatic carbocycles. The Morgan fingerprint density at radius 3 is 2.32 bits per heavy atom. The Morgan fingerprint density at radius 1 is 0.947 bits per heavy atom. The van der Waals surface area contributed by atoms with Crippen LogP contribution in [0.25, 0.3) is 0 Å². The molecule has 98 valence electrons. The molecule has 0 saturated carbocycles. The van der Waals surface area contributed by atoms with Gasteiger partial charge in [-0.2, -0.15) is 5.12 Å². The van der Waals surface area contributed by atoms with Crippen LogP contribution >= 0.6 is 0 Å². The van der Waals surface area contributed by atoms with Crippen LogP contribution in [0.15, 0.2) is 42.5 Å². The molecule has 4 N–H and O–H groups in total. The van der Waals surface area contributed by atoms with Crippen molar-refractivity contribution >= 4 is 28.4 Å². The number of hydrogen-bond acceptors (Lipinski definition) is 5. The zero-order valence-electron chi connectivity index (χ0n) is 11.0. The van der Waals surface area contributed by atoms with E-state index in [9.17, 15) is 0 Å². The fraction of sp³-hybridized carbons (Fsp3) is 0.143. The number of rotatable bonds is 2. The first-order chi connectivity index (χ1) is 9.13. The lowest BCUT2D eigenvalue weighted by molar-refractivity contribution is 1.10. The topological polar surface area (TPSA) is 56.6 Å². The molecule has 1 aliphatic heterocycles. The summed E-state index contributed by atoms with van der Waals surface area (Å²) in [7, 11) is 4.06. The Labute approximate surface area is 112 Å². The number of nitrogens with one attached hydrogen (secondary N) is 2. The Bertz CT molecular complexity index is 591. The standard InChI is InChI=1S/C14H17N5/c1-18(2)11-4-6-12(7-5-11)19-16-13-8-3-10(15)9-14(13)17-19/h3-9,16-17H,15H2,1-2H3. The van der Waals surface area contributed by atoms with Crippen molar-refractivity contribution in [3.8, 4) is 0 Å². The second-order valence-electron chi connectivity index (χ2n) is 4.77. The molecular weight excluding hydrogens is 238 g/mol. The van der Waals surface area contributed by atoms with E-state index in [0.29, 0.717) is 0 Å². The van der Waals surface area contributed by atoms with Crippen molar-refractivity contribution < 1.29 is 0 Å². The summed E-state index contributed by atoms with van der Waals surface area (Å²) in [5, 5.41) is 1.88. The normalized spacial score (nSPS) is 12.6. The highest BCUT2D eigenvalue weighted by atomic mass is 15.8. The molecule has 0 aromatic heterocycles. The van der Waals surface area contributed by atoms with Gasteiger partial charge in [0, 0.05) is 25.5 Å². The summed E-state index contributed by atoms with van der Waals surface area (Å²) >= 11 is 0. The fourth-order valence-corrected chi connectivity index (χ4v) is 2.05. The van der Waals surface area contributed by atoms with Gasteiger partial charge in [0.1, 0.15) is 0 Å². The van der Waals surface area contributed by atoms with Crippen molar-refractivity contribution in [3.63, 3.8) is 0 Å². The van der Waals surface area contributed by atoms with Gasteiger partial charge in [-0.15, -0.1) is 0 Å². The number of benzene rings is 2. The van der Waals surface area contributed by atoms with Crippen molar-refractivity contribution in [3.05, 3.63) is 42.5 Å². The molecule has 5 heteroatoms. The predicted octanol–water partition coefficient (Wildman–Crippen LogP) is 2.51. The van der Waals surface area contributed by atoms with Crippen LogP contribution in [-0.2, 0) is 0 Å². The third-order valence-electron chi connectivity index (χ3n) is 3.13. The molecule has 19 heavy (non-hydrogen) atoms. The van der Waals surface area contributed by atoms with E-state index in [4.69, 9.17) is 5.73 Å². The second kappa shape index (κ2) is 4.28. The molecule has 0 radical (unpaired) electrons. The minimum Gasteiger partial charge on any atom is -0.399 e. The van der Waals surface area contributed by atoms with Gasteiger partial charge < -0.3 is 10.6 Å². The van der Waals surface area contributed by atoms with Crippen LogP contribution in [0, 0.1) is 0 Å². The molecule has 2 aromatic carbocycles. The van der Waals surface area contributed by atoms with Gasteiger partial charge in [-0.25, -0.2) is 0 Å². The molecule has 0 spiro atoms. The summed E-state index contributed by atoms with van der Waals surface area (Å²) < 4.78 is 0. The molecule has 0 bridgehead atoms. The van der Waals surface area contributed by atoms with Gasteiger partial charge in [0.25, 0.3) is 0 Å². The highest BCUT2D eigenvalue weighted by Gasteiger charge is 2.17. The molecule has 0 unspecified atom stereocenters. The maximum absolute atomic E-state index is 5.78. The van der Waals surface area contributed by atoms with Crippen LogP contribution in [0.1, 0.15) is 0 Å².